The van der Waals surface area contributed by atoms with E-state index in [1.54, 1.807) is 0 Å². The molecule has 0 bridgehead atoms. The average Bonchev–Trinajstić information content (AvgIpc) is 2.01. The molecule has 1 aromatic rings. The molecule has 12 heavy (non-hydrogen) atoms. The molecule has 2 nitrogen and oxygen atoms in total. The number of hydrogen-bond donors (Lipinski definition) is 0. The molecule has 0 radical (unpaired) electrons. The van der Waals surface area contributed by atoms with Gasteiger partial charge in [-0.3, -0.25) is 0 Å². The molecule has 0 N–H and O–H groups in total. The highest BCUT2D eigenvalue weighted by Crippen LogP contribution is 2.26. The second-order valence-corrected chi connectivity index (χ2v) is 3.56. The van der Waals surface area contributed by atoms with Crippen LogP contribution in [0.25, 0.3) is 0 Å². The summed E-state index contributed by atoms with van der Waals surface area (Å²) in [7, 11) is 0. The average molecular weight is 246 g/mol. The zero-order valence-electron chi connectivity index (χ0n) is 6.65. The molecule has 62 valence electrons. The summed E-state index contributed by atoms with van der Waals surface area (Å²) < 4.78 is 0.850. The highest BCUT2D eigenvalue weighted by Gasteiger charge is 2.10. The highest BCUT2D eigenvalue weighted by molar-refractivity contribution is 9.10. The number of halogens is 2. The molecule has 0 spiro atoms. The molecule has 1 heterocycles. The first kappa shape index (κ1) is 9.50. The summed E-state index contributed by atoms with van der Waals surface area (Å²) in [4.78, 5) is 4.00. The molecule has 0 atom stereocenters. The Hall–Kier alpha value is -0.590. The monoisotopic (exact) mass is 244 g/mol. The van der Waals surface area contributed by atoms with E-state index in [1.165, 1.54) is 0 Å². The maximum Gasteiger partial charge on any atom is 0.147 e. The van der Waals surface area contributed by atoms with Crippen LogP contribution >= 0.6 is 27.5 Å². The second-order valence-electron chi connectivity index (χ2n) is 2.41. The van der Waals surface area contributed by atoms with Gasteiger partial charge < -0.3 is 0 Å². The standard InChI is InChI=1S/C8H6BrClN2/c1-4-6(3-11)8(10)12-5(2)7(4)9/h1-2H3. The van der Waals surface area contributed by atoms with E-state index in [-0.39, 0.29) is 5.15 Å². The van der Waals surface area contributed by atoms with Crippen molar-refractivity contribution in [1.82, 2.24) is 4.98 Å². The van der Waals surface area contributed by atoms with Gasteiger partial charge >= 0.3 is 0 Å². The molecule has 0 aliphatic heterocycles. The fraction of sp³-hybridized carbons (Fsp3) is 0.250. The van der Waals surface area contributed by atoms with E-state index in [1.807, 2.05) is 19.9 Å². The molecule has 0 unspecified atom stereocenters. The maximum atomic E-state index is 8.72. The number of pyridine rings is 1. The predicted molar refractivity (Wildman–Crippen MR) is 51.1 cm³/mol. The number of rotatable bonds is 0. The van der Waals surface area contributed by atoms with Gasteiger partial charge in [0.25, 0.3) is 0 Å². The van der Waals surface area contributed by atoms with Gasteiger partial charge in [0.15, 0.2) is 0 Å². The second kappa shape index (κ2) is 3.42. The lowest BCUT2D eigenvalue weighted by Gasteiger charge is -2.04. The van der Waals surface area contributed by atoms with E-state index < -0.39 is 0 Å². The van der Waals surface area contributed by atoms with Crippen molar-refractivity contribution in [2.24, 2.45) is 0 Å². The Morgan fingerprint density at radius 1 is 1.50 bits per heavy atom. The zero-order valence-corrected chi connectivity index (χ0v) is 8.99. The minimum absolute atomic E-state index is 0.274. The number of hydrogen-bond acceptors (Lipinski definition) is 2. The fourth-order valence-electron chi connectivity index (χ4n) is 0.918. The minimum Gasteiger partial charge on any atom is -0.239 e. The maximum absolute atomic E-state index is 8.72. The van der Waals surface area contributed by atoms with E-state index in [0.29, 0.717) is 5.56 Å². The van der Waals surface area contributed by atoms with Crippen molar-refractivity contribution in [3.05, 3.63) is 26.4 Å². The lowest BCUT2D eigenvalue weighted by molar-refractivity contribution is 1.14. The van der Waals surface area contributed by atoms with Gasteiger partial charge in [0.1, 0.15) is 11.2 Å². The Morgan fingerprint density at radius 2 is 2.08 bits per heavy atom. The van der Waals surface area contributed by atoms with Crippen LogP contribution in [0.15, 0.2) is 4.47 Å². The van der Waals surface area contributed by atoms with Gasteiger partial charge in [0.05, 0.1) is 11.3 Å². The van der Waals surface area contributed by atoms with Crippen molar-refractivity contribution >= 4 is 27.5 Å². The van der Waals surface area contributed by atoms with Crippen LogP contribution in [-0.4, -0.2) is 4.98 Å². The Bertz CT molecular complexity index is 368. The minimum atomic E-state index is 0.274. The van der Waals surface area contributed by atoms with Gasteiger partial charge in [-0.1, -0.05) is 11.6 Å². The molecule has 0 aromatic carbocycles. The van der Waals surface area contributed by atoms with Crippen LogP contribution in [0.1, 0.15) is 16.8 Å². The van der Waals surface area contributed by atoms with Crippen molar-refractivity contribution in [3.63, 3.8) is 0 Å². The van der Waals surface area contributed by atoms with Gasteiger partial charge in [0.2, 0.25) is 0 Å². The molecular formula is C8H6BrClN2. The van der Waals surface area contributed by atoms with E-state index in [0.717, 1.165) is 15.7 Å². The molecule has 4 heteroatoms. The van der Waals surface area contributed by atoms with E-state index in [4.69, 9.17) is 16.9 Å². The van der Waals surface area contributed by atoms with Gasteiger partial charge in [-0.25, -0.2) is 4.98 Å². The lowest BCUT2D eigenvalue weighted by atomic mass is 10.1. The molecular weight excluding hydrogens is 239 g/mol. The number of nitriles is 1. The molecule has 0 amide bonds. The topological polar surface area (TPSA) is 36.7 Å². The van der Waals surface area contributed by atoms with Crippen LogP contribution in [0, 0.1) is 25.2 Å². The Kier molecular flexibility index (Phi) is 2.71. The molecule has 1 rings (SSSR count). The highest BCUT2D eigenvalue weighted by atomic mass is 79.9. The van der Waals surface area contributed by atoms with E-state index in [2.05, 4.69) is 20.9 Å². The molecule has 0 saturated carbocycles. The fourth-order valence-corrected chi connectivity index (χ4v) is 1.52. The predicted octanol–water partition coefficient (Wildman–Crippen LogP) is 2.99. The normalized spacial score (nSPS) is 9.58. The van der Waals surface area contributed by atoms with E-state index in [9.17, 15) is 0 Å². The van der Waals surface area contributed by atoms with Crippen LogP contribution in [-0.2, 0) is 0 Å². The van der Waals surface area contributed by atoms with Crippen LogP contribution in [0.5, 0.6) is 0 Å². The van der Waals surface area contributed by atoms with Crippen LogP contribution in [0.2, 0.25) is 5.15 Å². The van der Waals surface area contributed by atoms with Crippen molar-refractivity contribution in [3.8, 4) is 6.07 Å². The third kappa shape index (κ3) is 1.45. The first-order chi connectivity index (χ1) is 5.57. The Morgan fingerprint density at radius 3 is 2.58 bits per heavy atom. The summed E-state index contributed by atoms with van der Waals surface area (Å²) in [5, 5.41) is 8.99. The molecule has 0 fully saturated rings. The van der Waals surface area contributed by atoms with Crippen molar-refractivity contribution in [1.29, 1.82) is 5.26 Å². The van der Waals surface area contributed by atoms with Gasteiger partial charge in [-0.15, -0.1) is 0 Å². The summed E-state index contributed by atoms with van der Waals surface area (Å²) in [6.07, 6.45) is 0. The molecule has 1 aromatic heterocycles. The van der Waals surface area contributed by atoms with Crippen LogP contribution < -0.4 is 0 Å². The summed E-state index contributed by atoms with van der Waals surface area (Å²) in [6, 6.07) is 2.01. The molecule has 0 saturated heterocycles. The van der Waals surface area contributed by atoms with Crippen LogP contribution in [0.3, 0.4) is 0 Å². The zero-order chi connectivity index (χ0) is 9.30. The number of aryl methyl sites for hydroxylation is 1. The SMILES string of the molecule is Cc1nc(Cl)c(C#N)c(C)c1Br. The van der Waals surface area contributed by atoms with Gasteiger partial charge in [-0.2, -0.15) is 5.26 Å². The van der Waals surface area contributed by atoms with Gasteiger partial charge in [0, 0.05) is 4.47 Å². The van der Waals surface area contributed by atoms with Gasteiger partial charge in [-0.05, 0) is 35.3 Å². The third-order valence-corrected chi connectivity index (χ3v) is 3.05. The first-order valence-corrected chi connectivity index (χ1v) is 4.47. The summed E-state index contributed by atoms with van der Waals surface area (Å²) in [5.41, 5.74) is 2.08. The molecule has 0 aliphatic rings. The largest absolute Gasteiger partial charge is 0.239 e. The Labute approximate surface area is 84.3 Å². The lowest BCUT2D eigenvalue weighted by Crippen LogP contribution is -1.93. The smallest absolute Gasteiger partial charge is 0.147 e. The third-order valence-electron chi connectivity index (χ3n) is 1.61. The summed E-state index contributed by atoms with van der Waals surface area (Å²) >= 11 is 9.09. The van der Waals surface area contributed by atoms with E-state index >= 15 is 0 Å². The summed E-state index contributed by atoms with van der Waals surface area (Å²) in [6.45, 7) is 3.67. The molecule has 0 aliphatic carbocycles. The van der Waals surface area contributed by atoms with Crippen molar-refractivity contribution in [2.45, 2.75) is 13.8 Å². The summed E-state index contributed by atoms with van der Waals surface area (Å²) in [5.74, 6) is 0. The number of aromatic nitrogens is 1. The first-order valence-electron chi connectivity index (χ1n) is 3.30. The Balaban J connectivity index is 3.54. The number of nitrogens with zero attached hydrogens (tertiary/aromatic N) is 2. The quantitative estimate of drug-likeness (QED) is 0.659. The van der Waals surface area contributed by atoms with Crippen molar-refractivity contribution in [2.75, 3.05) is 0 Å². The van der Waals surface area contributed by atoms with Crippen LogP contribution in [0.4, 0.5) is 0 Å². The van der Waals surface area contributed by atoms with Crippen molar-refractivity contribution < 1.29 is 0 Å².